The molecule has 1 amide bonds. The number of carbonyl (C=O) groups is 1. The number of hydrogen-bond acceptors (Lipinski definition) is 2. The molecular formula is C13H15ClFNO2. The molecule has 1 fully saturated rings. The van der Waals surface area contributed by atoms with E-state index >= 15 is 0 Å². The summed E-state index contributed by atoms with van der Waals surface area (Å²) in [6.45, 7) is 0.632. The van der Waals surface area contributed by atoms with Crippen molar-refractivity contribution in [2.24, 2.45) is 0 Å². The van der Waals surface area contributed by atoms with Crippen molar-refractivity contribution in [3.8, 4) is 5.75 Å². The minimum Gasteiger partial charge on any atom is -0.507 e. The molecule has 18 heavy (non-hydrogen) atoms. The van der Waals surface area contributed by atoms with Gasteiger partial charge in [0.05, 0.1) is 5.56 Å². The van der Waals surface area contributed by atoms with Gasteiger partial charge in [-0.15, -0.1) is 11.6 Å². The van der Waals surface area contributed by atoms with Crippen LogP contribution in [0.3, 0.4) is 0 Å². The van der Waals surface area contributed by atoms with E-state index in [1.807, 2.05) is 0 Å². The van der Waals surface area contributed by atoms with Gasteiger partial charge in [0.1, 0.15) is 11.6 Å². The second-order valence-corrected chi connectivity index (χ2v) is 4.77. The molecule has 1 aliphatic rings. The van der Waals surface area contributed by atoms with Gasteiger partial charge in [0.15, 0.2) is 0 Å². The maximum absolute atomic E-state index is 12.9. The number of piperidine rings is 1. The molecule has 1 unspecified atom stereocenters. The third-order valence-corrected chi connectivity index (χ3v) is 3.61. The third-order valence-electron chi connectivity index (χ3n) is 3.26. The highest BCUT2D eigenvalue weighted by Crippen LogP contribution is 2.25. The van der Waals surface area contributed by atoms with Crippen LogP contribution in [-0.2, 0) is 0 Å². The summed E-state index contributed by atoms with van der Waals surface area (Å²) in [5.74, 6) is -0.776. The number of hydrogen-bond donors (Lipinski definition) is 1. The van der Waals surface area contributed by atoms with Crippen molar-refractivity contribution < 1.29 is 14.3 Å². The highest BCUT2D eigenvalue weighted by atomic mass is 35.5. The minimum atomic E-state index is -0.559. The topological polar surface area (TPSA) is 40.5 Å². The maximum atomic E-state index is 12.9. The fourth-order valence-corrected chi connectivity index (χ4v) is 2.59. The molecule has 0 radical (unpaired) electrons. The molecule has 1 atom stereocenters. The number of phenols is 1. The Morgan fingerprint density at radius 1 is 1.50 bits per heavy atom. The average molecular weight is 272 g/mol. The van der Waals surface area contributed by atoms with Gasteiger partial charge in [-0.1, -0.05) is 0 Å². The molecule has 5 heteroatoms. The van der Waals surface area contributed by atoms with Gasteiger partial charge >= 0.3 is 0 Å². The molecule has 0 aliphatic carbocycles. The van der Waals surface area contributed by atoms with Crippen LogP contribution in [0.25, 0.3) is 0 Å². The lowest BCUT2D eigenvalue weighted by Gasteiger charge is -2.34. The van der Waals surface area contributed by atoms with Gasteiger partial charge in [-0.25, -0.2) is 4.39 Å². The van der Waals surface area contributed by atoms with Crippen LogP contribution in [0.4, 0.5) is 4.39 Å². The average Bonchev–Trinajstić information content (AvgIpc) is 2.38. The zero-order chi connectivity index (χ0) is 13.1. The predicted octanol–water partition coefficient (Wildman–Crippen LogP) is 2.76. The van der Waals surface area contributed by atoms with Crippen LogP contribution in [0.15, 0.2) is 18.2 Å². The van der Waals surface area contributed by atoms with E-state index in [-0.39, 0.29) is 23.3 Å². The van der Waals surface area contributed by atoms with E-state index in [2.05, 4.69) is 0 Å². The Labute approximate surface area is 110 Å². The monoisotopic (exact) mass is 271 g/mol. The highest BCUT2D eigenvalue weighted by molar-refractivity contribution is 6.18. The molecule has 1 heterocycles. The van der Waals surface area contributed by atoms with Gasteiger partial charge in [-0.05, 0) is 31.4 Å². The summed E-state index contributed by atoms with van der Waals surface area (Å²) in [7, 11) is 0. The summed E-state index contributed by atoms with van der Waals surface area (Å²) in [6.07, 6.45) is 2.86. The lowest BCUT2D eigenvalue weighted by atomic mass is 10.0. The smallest absolute Gasteiger partial charge is 0.257 e. The summed E-state index contributed by atoms with van der Waals surface area (Å²) in [6, 6.07) is 3.43. The third kappa shape index (κ3) is 2.58. The number of halogens is 2. The Balaban J connectivity index is 2.24. The van der Waals surface area contributed by atoms with E-state index in [9.17, 15) is 14.3 Å². The summed E-state index contributed by atoms with van der Waals surface area (Å²) < 4.78 is 12.9. The molecule has 1 N–H and O–H groups in total. The van der Waals surface area contributed by atoms with Crippen molar-refractivity contribution in [2.75, 3.05) is 12.4 Å². The van der Waals surface area contributed by atoms with Crippen molar-refractivity contribution in [3.63, 3.8) is 0 Å². The molecule has 0 spiro atoms. The van der Waals surface area contributed by atoms with E-state index in [4.69, 9.17) is 11.6 Å². The lowest BCUT2D eigenvalue weighted by Crippen LogP contribution is -2.44. The maximum Gasteiger partial charge on any atom is 0.257 e. The molecule has 1 aliphatic heterocycles. The zero-order valence-corrected chi connectivity index (χ0v) is 10.7. The number of likely N-dealkylation sites (tertiary alicyclic amines) is 1. The molecule has 3 nitrogen and oxygen atoms in total. The van der Waals surface area contributed by atoms with Crippen LogP contribution in [0.5, 0.6) is 5.75 Å². The molecular weight excluding hydrogens is 257 g/mol. The molecule has 1 saturated heterocycles. The number of phenolic OH excluding ortho intramolecular Hbond substituents is 1. The van der Waals surface area contributed by atoms with Gasteiger partial charge in [0.2, 0.25) is 0 Å². The van der Waals surface area contributed by atoms with Gasteiger partial charge in [-0.2, -0.15) is 0 Å². The Kier molecular flexibility index (Phi) is 4.07. The summed E-state index contributed by atoms with van der Waals surface area (Å²) >= 11 is 5.86. The first-order chi connectivity index (χ1) is 8.63. The number of carbonyl (C=O) groups excluding carboxylic acids is 1. The number of nitrogens with zero attached hydrogens (tertiary/aromatic N) is 1. The number of rotatable bonds is 2. The van der Waals surface area contributed by atoms with E-state index in [0.29, 0.717) is 12.4 Å². The Hall–Kier alpha value is -1.29. The second-order valence-electron chi connectivity index (χ2n) is 4.46. The first kappa shape index (κ1) is 13.1. The standard InChI is InChI=1S/C13H15ClFNO2/c14-8-10-3-1-2-6-16(10)13(18)11-5-4-9(15)7-12(11)17/h4-5,7,10,17H,1-3,6,8H2. The molecule has 0 aromatic heterocycles. The van der Waals surface area contributed by atoms with Gasteiger partial charge in [-0.3, -0.25) is 4.79 Å². The Morgan fingerprint density at radius 3 is 2.94 bits per heavy atom. The van der Waals surface area contributed by atoms with Crippen LogP contribution in [-0.4, -0.2) is 34.4 Å². The van der Waals surface area contributed by atoms with Gasteiger partial charge in [0.25, 0.3) is 5.91 Å². The number of alkyl halides is 1. The van der Waals surface area contributed by atoms with E-state index < -0.39 is 5.82 Å². The summed E-state index contributed by atoms with van der Waals surface area (Å²) in [5.41, 5.74) is 0.133. The lowest BCUT2D eigenvalue weighted by molar-refractivity contribution is 0.0636. The molecule has 1 aromatic carbocycles. The molecule has 0 saturated carbocycles. The van der Waals surface area contributed by atoms with Crippen LogP contribution in [0.1, 0.15) is 29.6 Å². The molecule has 2 rings (SSSR count). The van der Waals surface area contributed by atoms with Crippen molar-refractivity contribution in [2.45, 2.75) is 25.3 Å². The van der Waals surface area contributed by atoms with Crippen molar-refractivity contribution in [3.05, 3.63) is 29.6 Å². The minimum absolute atomic E-state index is 0.00244. The molecule has 0 bridgehead atoms. The van der Waals surface area contributed by atoms with E-state index in [1.54, 1.807) is 4.90 Å². The molecule has 98 valence electrons. The second kappa shape index (κ2) is 5.57. The molecule has 1 aromatic rings. The zero-order valence-electron chi connectivity index (χ0n) is 9.90. The van der Waals surface area contributed by atoms with Crippen molar-refractivity contribution in [1.29, 1.82) is 0 Å². The SMILES string of the molecule is O=C(c1ccc(F)cc1O)N1CCCCC1CCl. The normalized spacial score (nSPS) is 19.9. The quantitative estimate of drug-likeness (QED) is 0.841. The number of amides is 1. The number of benzene rings is 1. The van der Waals surface area contributed by atoms with Crippen LogP contribution < -0.4 is 0 Å². The van der Waals surface area contributed by atoms with E-state index in [1.165, 1.54) is 12.1 Å². The van der Waals surface area contributed by atoms with Crippen molar-refractivity contribution in [1.82, 2.24) is 4.90 Å². The Morgan fingerprint density at radius 2 is 2.28 bits per heavy atom. The summed E-state index contributed by atoms with van der Waals surface area (Å²) in [4.78, 5) is 14.0. The fourth-order valence-electron chi connectivity index (χ4n) is 2.27. The first-order valence-corrected chi connectivity index (χ1v) is 6.52. The van der Waals surface area contributed by atoms with Gasteiger partial charge in [0, 0.05) is 24.5 Å². The largest absolute Gasteiger partial charge is 0.507 e. The van der Waals surface area contributed by atoms with Crippen LogP contribution in [0, 0.1) is 5.82 Å². The van der Waals surface area contributed by atoms with E-state index in [0.717, 1.165) is 25.3 Å². The Bertz CT molecular complexity index is 453. The van der Waals surface area contributed by atoms with Crippen molar-refractivity contribution >= 4 is 17.5 Å². The number of aromatic hydroxyl groups is 1. The first-order valence-electron chi connectivity index (χ1n) is 5.99. The predicted molar refractivity (Wildman–Crippen MR) is 67.5 cm³/mol. The fraction of sp³-hybridized carbons (Fsp3) is 0.462. The highest BCUT2D eigenvalue weighted by Gasteiger charge is 2.28. The van der Waals surface area contributed by atoms with Crippen LogP contribution >= 0.6 is 11.6 Å². The van der Waals surface area contributed by atoms with Crippen LogP contribution in [0.2, 0.25) is 0 Å². The van der Waals surface area contributed by atoms with Gasteiger partial charge < -0.3 is 10.0 Å². The summed E-state index contributed by atoms with van der Waals surface area (Å²) in [5, 5.41) is 9.63.